The molecule has 1 aromatic carbocycles. The van der Waals surface area contributed by atoms with Gasteiger partial charge in [0.2, 0.25) is 0 Å². The second-order valence-corrected chi connectivity index (χ2v) is 3.06. The molecule has 2 aromatic rings. The van der Waals surface area contributed by atoms with Gasteiger partial charge in [-0.2, -0.15) is 0 Å². The van der Waals surface area contributed by atoms with Crippen LogP contribution in [0.15, 0.2) is 24.5 Å². The van der Waals surface area contributed by atoms with Gasteiger partial charge in [0.05, 0.1) is 10.6 Å². The SMILES string of the molecule is Fc1ccc(Cl)c(F)c1-c1ncc[nH]1. The molecule has 0 saturated carbocycles. The highest BCUT2D eigenvalue weighted by atomic mass is 35.5. The number of imidazole rings is 1. The van der Waals surface area contributed by atoms with Crippen LogP contribution < -0.4 is 0 Å². The summed E-state index contributed by atoms with van der Waals surface area (Å²) < 4.78 is 26.6. The van der Waals surface area contributed by atoms with Crippen LogP contribution in [0, 0.1) is 11.6 Å². The van der Waals surface area contributed by atoms with Crippen LogP contribution >= 0.6 is 11.6 Å². The first-order valence-electron chi connectivity index (χ1n) is 3.83. The Morgan fingerprint density at radius 2 is 2.07 bits per heavy atom. The Kier molecular flexibility index (Phi) is 2.21. The molecule has 1 aromatic heterocycles. The lowest BCUT2D eigenvalue weighted by Gasteiger charge is -2.02. The number of nitrogens with zero attached hydrogens (tertiary/aromatic N) is 1. The molecule has 14 heavy (non-hydrogen) atoms. The monoisotopic (exact) mass is 214 g/mol. The van der Waals surface area contributed by atoms with Crippen molar-refractivity contribution in [3.8, 4) is 11.4 Å². The minimum Gasteiger partial charge on any atom is -0.344 e. The third-order valence-corrected chi connectivity index (χ3v) is 2.07. The van der Waals surface area contributed by atoms with E-state index in [-0.39, 0.29) is 16.4 Å². The third kappa shape index (κ3) is 1.37. The van der Waals surface area contributed by atoms with Crippen LogP contribution in [-0.4, -0.2) is 9.97 Å². The molecule has 1 N–H and O–H groups in total. The zero-order chi connectivity index (χ0) is 10.1. The molecule has 0 spiro atoms. The molecule has 0 aliphatic carbocycles. The van der Waals surface area contributed by atoms with Crippen molar-refractivity contribution >= 4 is 11.6 Å². The van der Waals surface area contributed by atoms with Gasteiger partial charge in [-0.3, -0.25) is 0 Å². The number of hydrogen-bond donors (Lipinski definition) is 1. The van der Waals surface area contributed by atoms with Gasteiger partial charge in [0.15, 0.2) is 5.82 Å². The quantitative estimate of drug-likeness (QED) is 0.727. The highest BCUT2D eigenvalue weighted by molar-refractivity contribution is 6.31. The van der Waals surface area contributed by atoms with Crippen molar-refractivity contribution in [1.29, 1.82) is 0 Å². The Morgan fingerprint density at radius 1 is 1.29 bits per heavy atom. The number of hydrogen-bond acceptors (Lipinski definition) is 1. The fourth-order valence-electron chi connectivity index (χ4n) is 1.15. The van der Waals surface area contributed by atoms with E-state index in [1.807, 2.05) is 0 Å². The first-order chi connectivity index (χ1) is 6.70. The average molecular weight is 215 g/mol. The Morgan fingerprint density at radius 3 is 2.71 bits per heavy atom. The average Bonchev–Trinajstić information content (AvgIpc) is 2.65. The topological polar surface area (TPSA) is 28.7 Å². The van der Waals surface area contributed by atoms with Gasteiger partial charge in [-0.1, -0.05) is 11.6 Å². The summed E-state index contributed by atoms with van der Waals surface area (Å²) in [4.78, 5) is 6.37. The zero-order valence-corrected chi connectivity index (χ0v) is 7.65. The molecular formula is C9H5ClF2N2. The zero-order valence-electron chi connectivity index (χ0n) is 6.89. The summed E-state index contributed by atoms with van der Waals surface area (Å²) in [5.74, 6) is -1.37. The van der Waals surface area contributed by atoms with Gasteiger partial charge in [-0.25, -0.2) is 13.8 Å². The molecule has 1 heterocycles. The first kappa shape index (κ1) is 9.15. The lowest BCUT2D eigenvalue weighted by atomic mass is 10.2. The van der Waals surface area contributed by atoms with Crippen LogP contribution in [0.25, 0.3) is 11.4 Å². The van der Waals surface area contributed by atoms with E-state index in [0.717, 1.165) is 6.07 Å². The fraction of sp³-hybridized carbons (Fsp3) is 0. The van der Waals surface area contributed by atoms with Crippen molar-refractivity contribution in [3.63, 3.8) is 0 Å². The van der Waals surface area contributed by atoms with Crippen molar-refractivity contribution in [1.82, 2.24) is 9.97 Å². The second-order valence-electron chi connectivity index (χ2n) is 2.66. The maximum absolute atomic E-state index is 13.4. The van der Waals surface area contributed by atoms with Gasteiger partial charge in [0, 0.05) is 12.4 Å². The molecule has 0 atom stereocenters. The minimum absolute atomic E-state index is 0.127. The van der Waals surface area contributed by atoms with E-state index >= 15 is 0 Å². The molecule has 0 fully saturated rings. The molecule has 0 saturated heterocycles. The van der Waals surface area contributed by atoms with Crippen LogP contribution in [0.1, 0.15) is 0 Å². The summed E-state index contributed by atoms with van der Waals surface area (Å²) in [6.07, 6.45) is 2.89. The van der Waals surface area contributed by atoms with Crippen molar-refractivity contribution in [3.05, 3.63) is 41.2 Å². The first-order valence-corrected chi connectivity index (χ1v) is 4.21. The molecule has 0 radical (unpaired) electrons. The number of halogens is 3. The van der Waals surface area contributed by atoms with Crippen LogP contribution in [-0.2, 0) is 0 Å². The Hall–Kier alpha value is -1.42. The van der Waals surface area contributed by atoms with Gasteiger partial charge in [0.25, 0.3) is 0 Å². The Balaban J connectivity index is 2.69. The molecule has 0 bridgehead atoms. The summed E-state index contributed by atoms with van der Waals surface area (Å²) in [5, 5.41) is -0.127. The standard InChI is InChI=1S/C9H5ClF2N2/c10-5-1-2-6(11)7(8(5)12)9-13-3-4-14-9/h1-4H,(H,13,14). The number of aromatic amines is 1. The van der Waals surface area contributed by atoms with Gasteiger partial charge < -0.3 is 4.98 Å². The maximum Gasteiger partial charge on any atom is 0.155 e. The molecule has 5 heteroatoms. The van der Waals surface area contributed by atoms with Gasteiger partial charge in [-0.05, 0) is 12.1 Å². The second kappa shape index (κ2) is 3.38. The molecule has 0 amide bonds. The van der Waals surface area contributed by atoms with Crippen molar-refractivity contribution < 1.29 is 8.78 Å². The van der Waals surface area contributed by atoms with E-state index in [1.54, 1.807) is 0 Å². The Bertz CT molecular complexity index is 454. The van der Waals surface area contributed by atoms with Gasteiger partial charge in [-0.15, -0.1) is 0 Å². The van der Waals surface area contributed by atoms with Crippen LogP contribution in [0.2, 0.25) is 5.02 Å². The third-order valence-electron chi connectivity index (χ3n) is 1.78. The lowest BCUT2D eigenvalue weighted by molar-refractivity contribution is 0.588. The molecule has 0 aliphatic rings. The van der Waals surface area contributed by atoms with E-state index in [0.29, 0.717) is 0 Å². The van der Waals surface area contributed by atoms with E-state index in [2.05, 4.69) is 9.97 Å². The van der Waals surface area contributed by atoms with Crippen molar-refractivity contribution in [2.45, 2.75) is 0 Å². The molecule has 72 valence electrons. The van der Waals surface area contributed by atoms with Crippen molar-refractivity contribution in [2.75, 3.05) is 0 Å². The Labute approximate surface area is 83.6 Å². The van der Waals surface area contributed by atoms with Gasteiger partial charge >= 0.3 is 0 Å². The molecule has 0 unspecified atom stereocenters. The predicted octanol–water partition coefficient (Wildman–Crippen LogP) is 3.01. The molecular weight excluding hydrogens is 210 g/mol. The van der Waals surface area contributed by atoms with E-state index < -0.39 is 11.6 Å². The largest absolute Gasteiger partial charge is 0.344 e. The molecule has 2 nitrogen and oxygen atoms in total. The summed E-state index contributed by atoms with van der Waals surface area (Å²) in [5.41, 5.74) is -0.234. The van der Waals surface area contributed by atoms with Crippen LogP contribution in [0.3, 0.4) is 0 Å². The minimum atomic E-state index is -0.804. The highest BCUT2D eigenvalue weighted by Crippen LogP contribution is 2.27. The predicted molar refractivity (Wildman–Crippen MR) is 48.9 cm³/mol. The number of H-pyrrole nitrogens is 1. The lowest BCUT2D eigenvalue weighted by Crippen LogP contribution is -1.92. The number of rotatable bonds is 1. The summed E-state index contributed by atoms with van der Waals surface area (Å²) in [7, 11) is 0. The number of nitrogens with one attached hydrogen (secondary N) is 1. The maximum atomic E-state index is 13.4. The summed E-state index contributed by atoms with van der Waals surface area (Å²) >= 11 is 5.52. The molecule has 0 aliphatic heterocycles. The van der Waals surface area contributed by atoms with Gasteiger partial charge in [0.1, 0.15) is 11.6 Å². The van der Waals surface area contributed by atoms with E-state index in [1.165, 1.54) is 18.5 Å². The van der Waals surface area contributed by atoms with Crippen LogP contribution in [0.4, 0.5) is 8.78 Å². The molecule has 2 rings (SSSR count). The van der Waals surface area contributed by atoms with Crippen molar-refractivity contribution in [2.24, 2.45) is 0 Å². The fourth-order valence-corrected chi connectivity index (χ4v) is 1.30. The summed E-state index contributed by atoms with van der Waals surface area (Å²) in [6.45, 7) is 0. The van der Waals surface area contributed by atoms with E-state index in [9.17, 15) is 8.78 Å². The number of aromatic nitrogens is 2. The van der Waals surface area contributed by atoms with Crippen LogP contribution in [0.5, 0.6) is 0 Å². The summed E-state index contributed by atoms with van der Waals surface area (Å²) in [6, 6.07) is 2.27. The van der Waals surface area contributed by atoms with E-state index in [4.69, 9.17) is 11.6 Å². The number of benzene rings is 1. The smallest absolute Gasteiger partial charge is 0.155 e. The highest BCUT2D eigenvalue weighted by Gasteiger charge is 2.15. The normalized spacial score (nSPS) is 10.5.